The molecule has 3 nitrogen and oxygen atoms in total. The lowest BCUT2D eigenvalue weighted by Crippen LogP contribution is -2.13. The summed E-state index contributed by atoms with van der Waals surface area (Å²) < 4.78 is 2.42. The second kappa shape index (κ2) is 17.0. The van der Waals surface area contributed by atoms with Gasteiger partial charge in [0.2, 0.25) is 0 Å². The van der Waals surface area contributed by atoms with Crippen LogP contribution in [-0.2, 0) is 6.42 Å². The van der Waals surface area contributed by atoms with Gasteiger partial charge in [0.25, 0.3) is 0 Å². The number of hydrogen-bond acceptors (Lipinski definition) is 1. The van der Waals surface area contributed by atoms with Crippen molar-refractivity contribution in [3.63, 3.8) is 0 Å². The molecule has 0 spiro atoms. The molecule has 0 bridgehead atoms. The van der Waals surface area contributed by atoms with Crippen molar-refractivity contribution >= 4 is 65.7 Å². The van der Waals surface area contributed by atoms with Gasteiger partial charge in [-0.15, -0.1) is 0 Å². The maximum Gasteiger partial charge on any atom is 0.131 e. The van der Waals surface area contributed by atoms with Gasteiger partial charge in [-0.25, -0.2) is 4.99 Å². The first-order valence-electron chi connectivity index (χ1n) is 23.0. The number of benzene rings is 11. The van der Waals surface area contributed by atoms with Gasteiger partial charge in [0.15, 0.2) is 0 Å². The maximum atomic E-state index is 6.56. The molecule has 0 aliphatic heterocycles. The molecule has 11 aromatic carbocycles. The van der Waals surface area contributed by atoms with Gasteiger partial charge in [0.1, 0.15) is 5.84 Å². The molecule has 0 aliphatic carbocycles. The highest BCUT2D eigenvalue weighted by Crippen LogP contribution is 2.43. The number of para-hydroxylation sites is 1. The number of aromatic nitrogens is 1. The Morgan fingerprint density at radius 1 is 0.388 bits per heavy atom. The van der Waals surface area contributed by atoms with E-state index in [1.165, 1.54) is 93.1 Å². The van der Waals surface area contributed by atoms with E-state index in [1.807, 2.05) is 48.5 Å². The predicted octanol–water partition coefficient (Wildman–Crippen LogP) is 16.2. The van der Waals surface area contributed by atoms with E-state index in [2.05, 4.69) is 205 Å². The van der Waals surface area contributed by atoms with Crippen molar-refractivity contribution in [3.8, 4) is 39.1 Å². The van der Waals surface area contributed by atoms with Crippen LogP contribution in [-0.4, -0.2) is 10.4 Å². The van der Waals surface area contributed by atoms with Gasteiger partial charge >= 0.3 is 0 Å². The van der Waals surface area contributed by atoms with Crippen LogP contribution >= 0.6 is 0 Å². The molecule has 0 unspecified atom stereocenters. The van der Waals surface area contributed by atoms with Crippen LogP contribution in [0, 0.1) is 0 Å². The summed E-state index contributed by atoms with van der Waals surface area (Å²) in [6.07, 6.45) is 2.89. The maximum absolute atomic E-state index is 6.56. The van der Waals surface area contributed by atoms with Crippen molar-refractivity contribution in [2.45, 2.75) is 6.42 Å². The Morgan fingerprint density at radius 2 is 0.925 bits per heavy atom. The van der Waals surface area contributed by atoms with Crippen LogP contribution in [0.1, 0.15) is 16.7 Å². The zero-order chi connectivity index (χ0) is 44.7. The number of nitrogens with two attached hydrogens (primary N) is 1. The van der Waals surface area contributed by atoms with Crippen LogP contribution in [0.3, 0.4) is 0 Å². The largest absolute Gasteiger partial charge is 0.383 e. The van der Waals surface area contributed by atoms with Crippen LogP contribution in [0.5, 0.6) is 0 Å². The molecule has 0 saturated heterocycles. The van der Waals surface area contributed by atoms with Crippen molar-refractivity contribution in [1.29, 1.82) is 0 Å². The number of nitrogens with zero attached hydrogens (tertiary/aromatic N) is 2. The molecule has 316 valence electrons. The highest BCUT2D eigenvalue weighted by atomic mass is 15.0. The average Bonchev–Trinajstić information content (AvgIpc) is 3.74. The van der Waals surface area contributed by atoms with Gasteiger partial charge in [-0.1, -0.05) is 218 Å². The molecule has 67 heavy (non-hydrogen) atoms. The zero-order valence-corrected chi connectivity index (χ0v) is 36.9. The summed E-state index contributed by atoms with van der Waals surface area (Å²) >= 11 is 0. The van der Waals surface area contributed by atoms with E-state index in [4.69, 9.17) is 10.7 Å². The minimum atomic E-state index is 0.497. The molecular weight excluding hydrogens is 811 g/mol. The highest BCUT2D eigenvalue weighted by Gasteiger charge is 2.18. The normalized spacial score (nSPS) is 12.2. The van der Waals surface area contributed by atoms with Gasteiger partial charge < -0.3 is 10.3 Å². The van der Waals surface area contributed by atoms with Crippen LogP contribution in [0.2, 0.25) is 0 Å². The Balaban J connectivity index is 0.963. The number of amidine groups is 1. The molecule has 12 rings (SSSR count). The topological polar surface area (TPSA) is 43.3 Å². The number of fused-ring (bicyclic) bond motifs is 9. The second-order valence-corrected chi connectivity index (χ2v) is 17.3. The molecule has 0 radical (unpaired) electrons. The van der Waals surface area contributed by atoms with Crippen LogP contribution < -0.4 is 5.73 Å². The van der Waals surface area contributed by atoms with Crippen LogP contribution in [0.15, 0.2) is 254 Å². The monoisotopic (exact) mass is 855 g/mol. The highest BCUT2D eigenvalue weighted by molar-refractivity contribution is 6.29. The molecular formula is C64H45N3. The Kier molecular flexibility index (Phi) is 10.1. The van der Waals surface area contributed by atoms with Crippen molar-refractivity contribution in [1.82, 2.24) is 4.57 Å². The zero-order valence-electron chi connectivity index (χ0n) is 36.9. The summed E-state index contributed by atoms with van der Waals surface area (Å²) in [7, 11) is 0. The van der Waals surface area contributed by atoms with Crippen LogP contribution in [0.4, 0.5) is 0 Å². The number of hydrogen-bond donors (Lipinski definition) is 1. The summed E-state index contributed by atoms with van der Waals surface area (Å²) in [4.78, 5) is 4.94. The lowest BCUT2D eigenvalue weighted by molar-refractivity contribution is 1.18. The molecule has 0 fully saturated rings. The molecule has 0 atom stereocenters. The average molecular weight is 856 g/mol. The van der Waals surface area contributed by atoms with Crippen molar-refractivity contribution in [2.75, 3.05) is 0 Å². The Bertz CT molecular complexity index is 3860. The summed E-state index contributed by atoms with van der Waals surface area (Å²) in [5.41, 5.74) is 21.3. The molecule has 3 heteroatoms. The first-order chi connectivity index (χ1) is 33.1. The van der Waals surface area contributed by atoms with Crippen molar-refractivity contribution in [2.24, 2.45) is 10.7 Å². The quantitative estimate of drug-likeness (QED) is 0.0877. The minimum Gasteiger partial charge on any atom is -0.383 e. The summed E-state index contributed by atoms with van der Waals surface area (Å²) in [6, 6.07) is 87.2. The molecule has 0 aliphatic rings. The van der Waals surface area contributed by atoms with Gasteiger partial charge in [-0.05, 0) is 114 Å². The molecule has 0 amide bonds. The number of allylic oxidation sites excluding steroid dienone is 1. The third-order valence-electron chi connectivity index (χ3n) is 13.2. The van der Waals surface area contributed by atoms with E-state index < -0.39 is 0 Å². The first-order valence-corrected chi connectivity index (χ1v) is 23.0. The Labute approximate surface area is 390 Å². The molecule has 1 aromatic heterocycles. The van der Waals surface area contributed by atoms with E-state index in [1.54, 1.807) is 0 Å². The molecule has 0 saturated carbocycles. The number of rotatable bonds is 9. The van der Waals surface area contributed by atoms with E-state index >= 15 is 0 Å². The fourth-order valence-electron chi connectivity index (χ4n) is 10.0. The lowest BCUT2D eigenvalue weighted by Gasteiger charge is -2.16. The molecule has 2 N–H and O–H groups in total. The summed E-state index contributed by atoms with van der Waals surface area (Å²) in [5.74, 6) is 0.497. The fraction of sp³-hybridized carbons (Fsp3) is 0.0156. The van der Waals surface area contributed by atoms with Crippen molar-refractivity contribution < 1.29 is 0 Å². The first kappa shape index (κ1) is 39.8. The summed E-state index contributed by atoms with van der Waals surface area (Å²) in [6.45, 7) is 0. The number of aliphatic imine (C=N–C) groups is 1. The van der Waals surface area contributed by atoms with E-state index in [0.29, 0.717) is 12.3 Å². The van der Waals surface area contributed by atoms with Gasteiger partial charge in [0, 0.05) is 22.0 Å². The SMILES string of the molecule is NC(=N/C(=C\Cc1cccc(-c2ccc3c(c2)c2ccccc2c2cccc(-c4ccc5c6ccccc6n(-c6ccc(-c7ccccc7)cc6)c5c4)c23)c1)c1ccccc1)c1ccccc1. The van der Waals surface area contributed by atoms with Crippen molar-refractivity contribution in [3.05, 3.63) is 265 Å². The Hall–Kier alpha value is -8.79. The van der Waals surface area contributed by atoms with E-state index in [9.17, 15) is 0 Å². The smallest absolute Gasteiger partial charge is 0.131 e. The van der Waals surface area contributed by atoms with Gasteiger partial charge in [-0.3, -0.25) is 0 Å². The minimum absolute atomic E-state index is 0.497. The fourth-order valence-corrected chi connectivity index (χ4v) is 10.0. The third kappa shape index (κ3) is 7.33. The summed E-state index contributed by atoms with van der Waals surface area (Å²) in [5, 5.41) is 9.98. The predicted molar refractivity (Wildman–Crippen MR) is 285 cm³/mol. The lowest BCUT2D eigenvalue weighted by atomic mass is 9.88. The van der Waals surface area contributed by atoms with E-state index in [-0.39, 0.29) is 0 Å². The molecule has 12 aromatic rings. The Morgan fingerprint density at radius 3 is 1.70 bits per heavy atom. The van der Waals surface area contributed by atoms with Gasteiger partial charge in [0.05, 0.1) is 16.7 Å². The van der Waals surface area contributed by atoms with E-state index in [0.717, 1.165) is 22.5 Å². The molecule has 1 heterocycles. The third-order valence-corrected chi connectivity index (χ3v) is 13.2. The van der Waals surface area contributed by atoms with Gasteiger partial charge in [-0.2, -0.15) is 0 Å². The van der Waals surface area contributed by atoms with Crippen LogP contribution in [0.25, 0.3) is 98.9 Å². The second-order valence-electron chi connectivity index (χ2n) is 17.3. The standard InChI is InChI=1S/C64H45N3/c65-64(47-21-8-3-9-22-47)66-60(46-19-6-2-7-20-46)39-30-43-16-14-23-48(40-43)49-33-38-58-59(41-49)54-25-11-10-24-53(54)57-28-15-27-52(63(57)58)50-34-37-56-55-26-12-13-29-61(55)67(62(56)42-50)51-35-31-45(32-36-51)44-17-4-1-5-18-44/h1-29,31-42H,30H2,(H2,65,66)/b60-39-.